The first-order valence-electron chi connectivity index (χ1n) is 4.82. The van der Waals surface area contributed by atoms with Gasteiger partial charge in [0.1, 0.15) is 0 Å². The van der Waals surface area contributed by atoms with E-state index in [1.807, 2.05) is 0 Å². The maximum atomic E-state index is 3.54. The molecule has 0 amide bonds. The van der Waals surface area contributed by atoms with E-state index in [9.17, 15) is 0 Å². The Kier molecular flexibility index (Phi) is 1.90. The molecule has 1 aliphatic carbocycles. The number of piperidine rings is 1. The molecule has 0 aromatic rings. The van der Waals surface area contributed by atoms with E-state index in [1.165, 1.54) is 19.6 Å². The molecule has 0 radical (unpaired) electrons. The van der Waals surface area contributed by atoms with Crippen LogP contribution in [0.25, 0.3) is 0 Å². The first-order valence-corrected chi connectivity index (χ1v) is 4.82. The van der Waals surface area contributed by atoms with Crippen LogP contribution in [0.3, 0.4) is 0 Å². The highest BCUT2D eigenvalue weighted by atomic mass is 15.2. The fraction of sp³-hybridized carbons (Fsp3) is 1.00. The Morgan fingerprint density at radius 3 is 2.36 bits per heavy atom. The van der Waals surface area contributed by atoms with Crippen LogP contribution in [0.4, 0.5) is 0 Å². The second-order valence-corrected chi connectivity index (χ2v) is 3.76. The summed E-state index contributed by atoms with van der Waals surface area (Å²) >= 11 is 0. The number of hydrogen-bond donors (Lipinski definition) is 1. The van der Waals surface area contributed by atoms with Crippen molar-refractivity contribution in [1.29, 1.82) is 0 Å². The monoisotopic (exact) mass is 154 g/mol. The Morgan fingerprint density at radius 1 is 1.27 bits per heavy atom. The van der Waals surface area contributed by atoms with Crippen molar-refractivity contribution in [3.8, 4) is 0 Å². The van der Waals surface area contributed by atoms with E-state index in [1.54, 1.807) is 0 Å². The quantitative estimate of drug-likeness (QED) is 0.638. The van der Waals surface area contributed by atoms with E-state index in [-0.39, 0.29) is 0 Å². The third-order valence-electron chi connectivity index (χ3n) is 3.16. The van der Waals surface area contributed by atoms with Gasteiger partial charge in [-0.1, -0.05) is 13.8 Å². The number of fused-ring (bicyclic) bond motifs is 1. The van der Waals surface area contributed by atoms with Crippen molar-refractivity contribution in [1.82, 2.24) is 10.2 Å². The smallest absolute Gasteiger partial charge is 0.0155 e. The largest absolute Gasteiger partial charge is 0.314 e. The standard InChI is InChI=1S/C9H18N2/c1-3-10-9-7-5-11(4-2)6-8(7)9/h7-10H,3-6H2,1-2H3. The van der Waals surface area contributed by atoms with Crippen LogP contribution in [-0.2, 0) is 0 Å². The van der Waals surface area contributed by atoms with Crippen molar-refractivity contribution in [3.63, 3.8) is 0 Å². The van der Waals surface area contributed by atoms with Crippen molar-refractivity contribution < 1.29 is 0 Å². The van der Waals surface area contributed by atoms with Gasteiger partial charge in [0.05, 0.1) is 0 Å². The molecule has 2 fully saturated rings. The summed E-state index contributed by atoms with van der Waals surface area (Å²) in [5, 5.41) is 3.54. The summed E-state index contributed by atoms with van der Waals surface area (Å²) in [6.45, 7) is 9.53. The molecule has 0 aromatic carbocycles. The first kappa shape index (κ1) is 7.56. The molecule has 2 nitrogen and oxygen atoms in total. The lowest BCUT2D eigenvalue weighted by Crippen LogP contribution is -2.30. The van der Waals surface area contributed by atoms with E-state index >= 15 is 0 Å². The van der Waals surface area contributed by atoms with Gasteiger partial charge < -0.3 is 10.2 Å². The minimum Gasteiger partial charge on any atom is -0.314 e. The Bertz CT molecular complexity index is 134. The van der Waals surface area contributed by atoms with Gasteiger partial charge in [0.2, 0.25) is 0 Å². The van der Waals surface area contributed by atoms with Crippen LogP contribution < -0.4 is 5.32 Å². The molecular weight excluding hydrogens is 136 g/mol. The van der Waals surface area contributed by atoms with Crippen LogP contribution in [-0.4, -0.2) is 37.1 Å². The summed E-state index contributed by atoms with van der Waals surface area (Å²) in [7, 11) is 0. The second-order valence-electron chi connectivity index (χ2n) is 3.76. The molecule has 1 N–H and O–H groups in total. The molecule has 2 atom stereocenters. The van der Waals surface area contributed by atoms with E-state index in [4.69, 9.17) is 0 Å². The maximum absolute atomic E-state index is 3.54. The van der Waals surface area contributed by atoms with Crippen molar-refractivity contribution in [2.45, 2.75) is 19.9 Å². The Balaban J connectivity index is 1.77. The predicted octanol–water partition coefficient (Wildman–Crippen LogP) is 0.546. The van der Waals surface area contributed by atoms with Gasteiger partial charge in [-0.15, -0.1) is 0 Å². The van der Waals surface area contributed by atoms with Crippen molar-refractivity contribution in [3.05, 3.63) is 0 Å². The minimum absolute atomic E-state index is 0.878. The van der Waals surface area contributed by atoms with Crippen LogP contribution in [0.5, 0.6) is 0 Å². The molecule has 0 spiro atoms. The third kappa shape index (κ3) is 1.18. The van der Waals surface area contributed by atoms with E-state index < -0.39 is 0 Å². The highest BCUT2D eigenvalue weighted by Crippen LogP contribution is 2.45. The van der Waals surface area contributed by atoms with Gasteiger partial charge in [-0.2, -0.15) is 0 Å². The highest BCUT2D eigenvalue weighted by molar-refractivity contribution is 5.09. The summed E-state index contributed by atoms with van der Waals surface area (Å²) in [5.41, 5.74) is 0. The zero-order valence-electron chi connectivity index (χ0n) is 7.51. The third-order valence-corrected chi connectivity index (χ3v) is 3.16. The van der Waals surface area contributed by atoms with Crippen LogP contribution in [0, 0.1) is 11.8 Å². The summed E-state index contributed by atoms with van der Waals surface area (Å²) in [6.07, 6.45) is 0. The average Bonchev–Trinajstić information content (AvgIpc) is 2.48. The fourth-order valence-electron chi connectivity index (χ4n) is 2.41. The molecule has 1 saturated carbocycles. The Morgan fingerprint density at radius 2 is 1.91 bits per heavy atom. The Labute approximate surface area is 69.0 Å². The lowest BCUT2D eigenvalue weighted by Gasteiger charge is -2.16. The topological polar surface area (TPSA) is 15.3 Å². The van der Waals surface area contributed by atoms with Gasteiger partial charge in [-0.05, 0) is 24.9 Å². The maximum Gasteiger partial charge on any atom is 0.0155 e. The zero-order valence-corrected chi connectivity index (χ0v) is 7.51. The number of nitrogens with one attached hydrogen (secondary N) is 1. The lowest BCUT2D eigenvalue weighted by atomic mass is 10.4. The van der Waals surface area contributed by atoms with Gasteiger partial charge in [-0.3, -0.25) is 0 Å². The van der Waals surface area contributed by atoms with E-state index in [0.29, 0.717) is 0 Å². The second kappa shape index (κ2) is 2.76. The number of hydrogen-bond acceptors (Lipinski definition) is 2. The zero-order chi connectivity index (χ0) is 7.84. The molecule has 0 aromatic heterocycles. The molecule has 2 aliphatic rings. The van der Waals surface area contributed by atoms with Crippen LogP contribution in [0.2, 0.25) is 0 Å². The van der Waals surface area contributed by atoms with Gasteiger partial charge in [0.15, 0.2) is 0 Å². The molecule has 1 saturated heterocycles. The molecular formula is C9H18N2. The molecule has 64 valence electrons. The molecule has 1 aliphatic heterocycles. The summed E-state index contributed by atoms with van der Waals surface area (Å²) in [6, 6.07) is 0.878. The predicted molar refractivity (Wildman–Crippen MR) is 46.6 cm³/mol. The molecule has 11 heavy (non-hydrogen) atoms. The number of nitrogens with zero attached hydrogens (tertiary/aromatic N) is 1. The summed E-state index contributed by atoms with van der Waals surface area (Å²) in [5.74, 6) is 1.99. The highest BCUT2D eigenvalue weighted by Gasteiger charge is 2.54. The van der Waals surface area contributed by atoms with Crippen LogP contribution in [0.1, 0.15) is 13.8 Å². The summed E-state index contributed by atoms with van der Waals surface area (Å²) in [4.78, 5) is 2.56. The van der Waals surface area contributed by atoms with Gasteiger partial charge in [0, 0.05) is 19.1 Å². The average molecular weight is 154 g/mol. The summed E-state index contributed by atoms with van der Waals surface area (Å²) < 4.78 is 0. The van der Waals surface area contributed by atoms with Gasteiger partial charge in [0.25, 0.3) is 0 Å². The molecule has 2 unspecified atom stereocenters. The molecule has 1 heterocycles. The number of rotatable bonds is 3. The molecule has 2 rings (SSSR count). The minimum atomic E-state index is 0.878. The molecule has 0 bridgehead atoms. The SMILES string of the molecule is CCNC1C2CN(CC)CC21. The normalized spacial score (nSPS) is 42.5. The van der Waals surface area contributed by atoms with E-state index in [0.717, 1.165) is 24.4 Å². The lowest BCUT2D eigenvalue weighted by molar-refractivity contribution is 0.305. The van der Waals surface area contributed by atoms with Gasteiger partial charge in [-0.25, -0.2) is 0 Å². The number of likely N-dealkylation sites (tertiary alicyclic amines) is 1. The van der Waals surface area contributed by atoms with Crippen LogP contribution >= 0.6 is 0 Å². The van der Waals surface area contributed by atoms with Crippen molar-refractivity contribution in [2.24, 2.45) is 11.8 Å². The van der Waals surface area contributed by atoms with Gasteiger partial charge >= 0.3 is 0 Å². The van der Waals surface area contributed by atoms with Crippen molar-refractivity contribution >= 4 is 0 Å². The Hall–Kier alpha value is -0.0800. The molecule has 2 heteroatoms. The first-order chi connectivity index (χ1) is 5.36. The van der Waals surface area contributed by atoms with E-state index in [2.05, 4.69) is 24.1 Å². The van der Waals surface area contributed by atoms with Crippen molar-refractivity contribution in [2.75, 3.05) is 26.2 Å². The fourth-order valence-corrected chi connectivity index (χ4v) is 2.41. The van der Waals surface area contributed by atoms with Crippen LogP contribution in [0.15, 0.2) is 0 Å².